The topological polar surface area (TPSA) is 82.6 Å². The van der Waals surface area contributed by atoms with Crippen molar-refractivity contribution in [2.45, 2.75) is 27.3 Å². The van der Waals surface area contributed by atoms with Crippen LogP contribution in [0.3, 0.4) is 0 Å². The molecule has 7 heteroatoms. The molecular weight excluding hydrogens is 442 g/mol. The van der Waals surface area contributed by atoms with Gasteiger partial charge < -0.3 is 19.5 Å². The predicted molar refractivity (Wildman–Crippen MR) is 136 cm³/mol. The molecule has 7 nitrogen and oxygen atoms in total. The van der Waals surface area contributed by atoms with Gasteiger partial charge in [-0.3, -0.25) is 9.78 Å². The maximum atomic E-state index is 13.4. The molecule has 35 heavy (non-hydrogen) atoms. The molecule has 0 saturated heterocycles. The minimum Gasteiger partial charge on any atom is -0.490 e. The van der Waals surface area contributed by atoms with Gasteiger partial charge in [0.25, 0.3) is 5.91 Å². The third-order valence-corrected chi connectivity index (χ3v) is 5.31. The van der Waals surface area contributed by atoms with Crippen molar-refractivity contribution in [3.63, 3.8) is 0 Å². The zero-order chi connectivity index (χ0) is 24.6. The fourth-order valence-electron chi connectivity index (χ4n) is 3.83. The lowest BCUT2D eigenvalue weighted by Gasteiger charge is -2.17. The number of nitrogens with zero attached hydrogens (tertiary/aromatic N) is 2. The van der Waals surface area contributed by atoms with Crippen molar-refractivity contribution in [2.75, 3.05) is 19.8 Å². The maximum Gasteiger partial charge on any atom is 0.252 e. The molecular formula is C28H29N3O4. The quantitative estimate of drug-likeness (QED) is 0.332. The van der Waals surface area contributed by atoms with Gasteiger partial charge in [0.2, 0.25) is 5.75 Å². The minimum atomic E-state index is -0.203. The van der Waals surface area contributed by atoms with Crippen molar-refractivity contribution in [3.8, 4) is 28.6 Å². The number of benzene rings is 2. The minimum absolute atomic E-state index is 0.203. The molecule has 0 aliphatic heterocycles. The van der Waals surface area contributed by atoms with E-state index in [1.807, 2.05) is 75.4 Å². The Morgan fingerprint density at radius 3 is 2.17 bits per heavy atom. The zero-order valence-electron chi connectivity index (χ0n) is 20.2. The van der Waals surface area contributed by atoms with Crippen LogP contribution < -0.4 is 19.5 Å². The Morgan fingerprint density at radius 2 is 1.51 bits per heavy atom. The molecule has 2 aromatic carbocycles. The van der Waals surface area contributed by atoms with Gasteiger partial charge in [0, 0.05) is 18.1 Å². The summed E-state index contributed by atoms with van der Waals surface area (Å²) in [7, 11) is 0. The molecule has 1 N–H and O–H groups in total. The Hall–Kier alpha value is -4.13. The molecule has 4 rings (SSSR count). The number of carbonyl (C=O) groups is 1. The van der Waals surface area contributed by atoms with Gasteiger partial charge in [-0.05, 0) is 62.7 Å². The molecule has 180 valence electrons. The fraction of sp³-hybridized carbons (Fsp3) is 0.250. The molecule has 2 aromatic heterocycles. The van der Waals surface area contributed by atoms with E-state index in [9.17, 15) is 4.79 Å². The first-order valence-electron chi connectivity index (χ1n) is 11.8. The lowest BCUT2D eigenvalue weighted by Crippen LogP contribution is -2.23. The van der Waals surface area contributed by atoms with E-state index in [0.717, 1.165) is 16.5 Å². The van der Waals surface area contributed by atoms with Crippen LogP contribution in [0.2, 0.25) is 0 Å². The van der Waals surface area contributed by atoms with Gasteiger partial charge in [-0.15, -0.1) is 0 Å². The molecule has 0 bridgehead atoms. The van der Waals surface area contributed by atoms with E-state index in [1.54, 1.807) is 12.3 Å². The standard InChI is InChI=1S/C28H29N3O4/c1-4-33-25-15-19(16-26(34-5-2)27(25)35-6-3)18-30-28(32)21-17-24(23-13-9-10-14-29-23)31-22-12-8-7-11-20(21)22/h7-17H,4-6,18H2,1-3H3,(H,30,32). The van der Waals surface area contributed by atoms with Crippen molar-refractivity contribution in [3.05, 3.63) is 78.0 Å². The Kier molecular flexibility index (Phi) is 7.77. The first kappa shape index (κ1) is 24.0. The number of amides is 1. The maximum absolute atomic E-state index is 13.4. The van der Waals surface area contributed by atoms with E-state index in [1.165, 1.54) is 0 Å². The highest BCUT2D eigenvalue weighted by Crippen LogP contribution is 2.39. The first-order chi connectivity index (χ1) is 17.1. The molecule has 0 radical (unpaired) electrons. The number of rotatable bonds is 10. The number of para-hydroxylation sites is 1. The number of aromatic nitrogens is 2. The van der Waals surface area contributed by atoms with E-state index in [-0.39, 0.29) is 5.91 Å². The average molecular weight is 472 g/mol. The molecule has 2 heterocycles. The summed E-state index contributed by atoms with van der Waals surface area (Å²) in [6.07, 6.45) is 1.71. The van der Waals surface area contributed by atoms with Crippen molar-refractivity contribution in [2.24, 2.45) is 0 Å². The van der Waals surface area contributed by atoms with Crippen molar-refractivity contribution >= 4 is 16.8 Å². The average Bonchev–Trinajstić information content (AvgIpc) is 2.89. The summed E-state index contributed by atoms with van der Waals surface area (Å²) in [6.45, 7) is 7.50. The van der Waals surface area contributed by atoms with Crippen LogP contribution in [-0.2, 0) is 6.54 Å². The molecule has 0 saturated carbocycles. The normalized spacial score (nSPS) is 10.7. The van der Waals surface area contributed by atoms with Crippen LogP contribution in [-0.4, -0.2) is 35.7 Å². The van der Waals surface area contributed by atoms with Crippen molar-refractivity contribution in [1.82, 2.24) is 15.3 Å². The van der Waals surface area contributed by atoms with Crippen molar-refractivity contribution < 1.29 is 19.0 Å². The summed E-state index contributed by atoms with van der Waals surface area (Å²) in [6, 6.07) is 18.8. The molecule has 0 aliphatic carbocycles. The van der Waals surface area contributed by atoms with Crippen LogP contribution in [0, 0.1) is 0 Å². The third kappa shape index (κ3) is 5.51. The first-order valence-corrected chi connectivity index (χ1v) is 11.8. The molecule has 0 aliphatic rings. The largest absolute Gasteiger partial charge is 0.490 e. The Bertz CT molecular complexity index is 1280. The lowest BCUT2D eigenvalue weighted by molar-refractivity contribution is 0.0952. The number of pyridine rings is 2. The number of nitrogens with one attached hydrogen (secondary N) is 1. The zero-order valence-corrected chi connectivity index (χ0v) is 20.2. The highest BCUT2D eigenvalue weighted by Gasteiger charge is 2.17. The number of fused-ring (bicyclic) bond motifs is 1. The van der Waals surface area contributed by atoms with Gasteiger partial charge in [0.15, 0.2) is 11.5 Å². The number of ether oxygens (including phenoxy) is 3. The molecule has 0 spiro atoms. The molecule has 4 aromatic rings. The van der Waals surface area contributed by atoms with Gasteiger partial charge in [0.05, 0.1) is 42.3 Å². The monoisotopic (exact) mass is 471 g/mol. The van der Waals surface area contributed by atoms with E-state index in [0.29, 0.717) is 60.6 Å². The van der Waals surface area contributed by atoms with Crippen LogP contribution in [0.15, 0.2) is 66.9 Å². The molecule has 1 amide bonds. The van der Waals surface area contributed by atoms with E-state index >= 15 is 0 Å². The van der Waals surface area contributed by atoms with Gasteiger partial charge >= 0.3 is 0 Å². The third-order valence-electron chi connectivity index (χ3n) is 5.31. The SMILES string of the molecule is CCOc1cc(CNC(=O)c2cc(-c3ccccn3)nc3ccccc23)cc(OCC)c1OCC. The van der Waals surface area contributed by atoms with Crippen LogP contribution >= 0.6 is 0 Å². The van der Waals surface area contributed by atoms with E-state index in [4.69, 9.17) is 19.2 Å². The second kappa shape index (κ2) is 11.3. The highest BCUT2D eigenvalue weighted by molar-refractivity contribution is 6.07. The summed E-state index contributed by atoms with van der Waals surface area (Å²) in [5, 5.41) is 3.82. The van der Waals surface area contributed by atoms with Gasteiger partial charge in [-0.2, -0.15) is 0 Å². The highest BCUT2D eigenvalue weighted by atomic mass is 16.5. The lowest BCUT2D eigenvalue weighted by atomic mass is 10.1. The Labute approximate surface area is 205 Å². The molecule has 0 fully saturated rings. The predicted octanol–water partition coefficient (Wildman–Crippen LogP) is 5.42. The number of carbonyl (C=O) groups excluding carboxylic acids is 1. The summed E-state index contributed by atoms with van der Waals surface area (Å²) in [5.41, 5.74) is 3.47. The van der Waals surface area contributed by atoms with Gasteiger partial charge in [-0.25, -0.2) is 4.98 Å². The Morgan fingerprint density at radius 1 is 0.829 bits per heavy atom. The number of hydrogen-bond donors (Lipinski definition) is 1. The van der Waals surface area contributed by atoms with Crippen LogP contribution in [0.1, 0.15) is 36.7 Å². The Balaban J connectivity index is 1.65. The number of hydrogen-bond acceptors (Lipinski definition) is 6. The summed E-state index contributed by atoms with van der Waals surface area (Å²) in [5.74, 6) is 1.56. The fourth-order valence-corrected chi connectivity index (χ4v) is 3.83. The van der Waals surface area contributed by atoms with Crippen molar-refractivity contribution in [1.29, 1.82) is 0 Å². The van der Waals surface area contributed by atoms with Crippen LogP contribution in [0.4, 0.5) is 0 Å². The van der Waals surface area contributed by atoms with Gasteiger partial charge in [-0.1, -0.05) is 24.3 Å². The molecule has 0 unspecified atom stereocenters. The van der Waals surface area contributed by atoms with E-state index < -0.39 is 0 Å². The van der Waals surface area contributed by atoms with Crippen LogP contribution in [0.5, 0.6) is 17.2 Å². The summed E-state index contributed by atoms with van der Waals surface area (Å²) >= 11 is 0. The second-order valence-electron chi connectivity index (χ2n) is 7.69. The van der Waals surface area contributed by atoms with Crippen LogP contribution in [0.25, 0.3) is 22.3 Å². The molecule has 0 atom stereocenters. The smallest absolute Gasteiger partial charge is 0.252 e. The van der Waals surface area contributed by atoms with E-state index in [2.05, 4.69) is 10.3 Å². The second-order valence-corrected chi connectivity index (χ2v) is 7.69. The summed E-state index contributed by atoms with van der Waals surface area (Å²) in [4.78, 5) is 22.5. The van der Waals surface area contributed by atoms with Gasteiger partial charge in [0.1, 0.15) is 0 Å². The summed E-state index contributed by atoms with van der Waals surface area (Å²) < 4.78 is 17.4.